The van der Waals surface area contributed by atoms with Gasteiger partial charge in [0.05, 0.1) is 12.6 Å². The van der Waals surface area contributed by atoms with E-state index in [1.165, 1.54) is 11.3 Å². The molecule has 0 radical (unpaired) electrons. The van der Waals surface area contributed by atoms with Crippen LogP contribution in [-0.4, -0.2) is 27.1 Å². The van der Waals surface area contributed by atoms with Crippen LogP contribution in [0.15, 0.2) is 55.0 Å². The normalized spacial score (nSPS) is 15.8. The predicted octanol–water partition coefficient (Wildman–Crippen LogP) is 2.60. The van der Waals surface area contributed by atoms with Crippen molar-refractivity contribution in [1.29, 1.82) is 0 Å². The Balaban J connectivity index is 1.30. The first-order chi connectivity index (χ1) is 13.3. The van der Waals surface area contributed by atoms with Gasteiger partial charge in [0.15, 0.2) is 0 Å². The van der Waals surface area contributed by atoms with Crippen LogP contribution in [0.1, 0.15) is 28.8 Å². The van der Waals surface area contributed by atoms with E-state index in [0.29, 0.717) is 13.0 Å². The molecule has 0 fully saturated rings. The Morgan fingerprint density at radius 3 is 3.04 bits per heavy atom. The minimum absolute atomic E-state index is 0.0383. The molecule has 6 nitrogen and oxygen atoms in total. The van der Waals surface area contributed by atoms with Gasteiger partial charge in [0, 0.05) is 29.7 Å². The Kier molecular flexibility index (Phi) is 5.14. The summed E-state index contributed by atoms with van der Waals surface area (Å²) in [4.78, 5) is 16.5. The minimum atomic E-state index is 0.0383. The number of carbonyl (C=O) groups is 1. The fraction of sp³-hybridized carbons (Fsp3) is 0.286. The lowest BCUT2D eigenvalue weighted by molar-refractivity contribution is -0.121. The van der Waals surface area contributed by atoms with Crippen LogP contribution < -0.4 is 10.1 Å². The molecule has 3 aromatic rings. The van der Waals surface area contributed by atoms with E-state index in [4.69, 9.17) is 4.74 Å². The Bertz CT molecular complexity index is 907. The summed E-state index contributed by atoms with van der Waals surface area (Å²) in [6, 6.07) is 11.7. The second kappa shape index (κ2) is 8.03. The van der Waals surface area contributed by atoms with Gasteiger partial charge in [-0.2, -0.15) is 5.10 Å². The molecule has 2 aromatic heterocycles. The van der Waals surface area contributed by atoms with Crippen molar-refractivity contribution in [1.82, 2.24) is 20.5 Å². The van der Waals surface area contributed by atoms with Crippen molar-refractivity contribution in [2.45, 2.75) is 38.3 Å². The van der Waals surface area contributed by atoms with Gasteiger partial charge in [0.2, 0.25) is 5.91 Å². The molecule has 0 saturated carbocycles. The van der Waals surface area contributed by atoms with Crippen molar-refractivity contribution < 1.29 is 9.53 Å². The lowest BCUT2D eigenvalue weighted by atomic mass is 9.93. The van der Waals surface area contributed by atoms with Crippen LogP contribution in [0.25, 0.3) is 0 Å². The topological polar surface area (TPSA) is 79.9 Å². The Morgan fingerprint density at radius 1 is 1.22 bits per heavy atom. The number of amides is 1. The Labute approximate surface area is 158 Å². The van der Waals surface area contributed by atoms with Crippen molar-refractivity contribution in [3.63, 3.8) is 0 Å². The van der Waals surface area contributed by atoms with Crippen LogP contribution in [-0.2, 0) is 30.7 Å². The molecule has 1 aliphatic rings. The van der Waals surface area contributed by atoms with Gasteiger partial charge in [0.1, 0.15) is 12.4 Å². The van der Waals surface area contributed by atoms with E-state index in [0.717, 1.165) is 36.1 Å². The molecular formula is C21H22N4O2. The number of ether oxygens (including phenoxy) is 1. The third-order valence-electron chi connectivity index (χ3n) is 4.77. The number of H-pyrrole nitrogens is 1. The van der Waals surface area contributed by atoms with E-state index in [1.54, 1.807) is 12.4 Å². The van der Waals surface area contributed by atoms with Crippen LogP contribution >= 0.6 is 0 Å². The highest BCUT2D eigenvalue weighted by Gasteiger charge is 2.21. The van der Waals surface area contributed by atoms with Crippen molar-refractivity contribution in [2.24, 2.45) is 0 Å². The first-order valence-electron chi connectivity index (χ1n) is 9.17. The number of aromatic nitrogens is 3. The monoisotopic (exact) mass is 362 g/mol. The van der Waals surface area contributed by atoms with Crippen LogP contribution in [0.3, 0.4) is 0 Å². The first-order valence-corrected chi connectivity index (χ1v) is 9.17. The highest BCUT2D eigenvalue weighted by molar-refractivity contribution is 5.79. The first kappa shape index (κ1) is 17.3. The van der Waals surface area contributed by atoms with Gasteiger partial charge < -0.3 is 10.1 Å². The molecule has 0 spiro atoms. The molecule has 27 heavy (non-hydrogen) atoms. The zero-order valence-electron chi connectivity index (χ0n) is 15.0. The number of aryl methyl sites for hydroxylation is 1. The average molecular weight is 362 g/mol. The molecule has 4 rings (SSSR count). The SMILES string of the molecule is O=C(Cc1cccc(OCc2cccnc2)c1)NC1CCc2[nH]ncc2C1. The summed E-state index contributed by atoms with van der Waals surface area (Å²) in [5, 5.41) is 10.2. The van der Waals surface area contributed by atoms with Gasteiger partial charge in [-0.15, -0.1) is 0 Å². The number of carbonyl (C=O) groups excluding carboxylic acids is 1. The average Bonchev–Trinajstić information content (AvgIpc) is 3.15. The van der Waals surface area contributed by atoms with Gasteiger partial charge in [-0.25, -0.2) is 0 Å². The second-order valence-corrected chi connectivity index (χ2v) is 6.86. The van der Waals surface area contributed by atoms with Gasteiger partial charge >= 0.3 is 0 Å². The molecule has 1 unspecified atom stereocenters. The van der Waals surface area contributed by atoms with Gasteiger partial charge in [-0.3, -0.25) is 14.9 Å². The molecule has 0 saturated heterocycles. The van der Waals surface area contributed by atoms with E-state index in [-0.39, 0.29) is 11.9 Å². The fourth-order valence-corrected chi connectivity index (χ4v) is 3.40. The molecule has 1 aromatic carbocycles. The number of pyridine rings is 1. The predicted molar refractivity (Wildman–Crippen MR) is 101 cm³/mol. The summed E-state index contributed by atoms with van der Waals surface area (Å²) in [5.41, 5.74) is 4.35. The summed E-state index contributed by atoms with van der Waals surface area (Å²) in [6.45, 7) is 0.457. The minimum Gasteiger partial charge on any atom is -0.489 e. The molecule has 2 N–H and O–H groups in total. The number of nitrogens with one attached hydrogen (secondary N) is 2. The van der Waals surface area contributed by atoms with Gasteiger partial charge in [-0.1, -0.05) is 18.2 Å². The Hall–Kier alpha value is -3.15. The molecule has 6 heteroatoms. The number of rotatable bonds is 6. The molecular weight excluding hydrogens is 340 g/mol. The van der Waals surface area contributed by atoms with Gasteiger partial charge in [-0.05, 0) is 48.6 Å². The van der Waals surface area contributed by atoms with Crippen molar-refractivity contribution in [3.8, 4) is 5.75 Å². The largest absolute Gasteiger partial charge is 0.489 e. The molecule has 1 amide bonds. The zero-order chi connectivity index (χ0) is 18.5. The highest BCUT2D eigenvalue weighted by atomic mass is 16.5. The van der Waals surface area contributed by atoms with Crippen LogP contribution in [0.2, 0.25) is 0 Å². The summed E-state index contributed by atoms with van der Waals surface area (Å²) in [6.07, 6.45) is 8.43. The standard InChI is InChI=1S/C21H22N4O2/c26-21(24-18-6-7-20-17(11-18)13-23-25-20)10-15-3-1-5-19(9-15)27-14-16-4-2-8-22-12-16/h1-5,8-9,12-13,18H,6-7,10-11,14H2,(H,23,25)(H,24,26). The Morgan fingerprint density at radius 2 is 2.15 bits per heavy atom. The summed E-state index contributed by atoms with van der Waals surface area (Å²) < 4.78 is 5.81. The molecule has 1 atom stereocenters. The second-order valence-electron chi connectivity index (χ2n) is 6.86. The maximum Gasteiger partial charge on any atom is 0.224 e. The third kappa shape index (κ3) is 4.53. The molecule has 0 bridgehead atoms. The molecule has 2 heterocycles. The lowest BCUT2D eigenvalue weighted by Gasteiger charge is -2.22. The van der Waals surface area contributed by atoms with E-state index in [2.05, 4.69) is 20.5 Å². The highest BCUT2D eigenvalue weighted by Crippen LogP contribution is 2.19. The van der Waals surface area contributed by atoms with E-state index in [9.17, 15) is 4.79 Å². The molecule has 1 aliphatic carbocycles. The van der Waals surface area contributed by atoms with Crippen LogP contribution in [0.5, 0.6) is 5.75 Å². The summed E-state index contributed by atoms with van der Waals surface area (Å²) >= 11 is 0. The maximum atomic E-state index is 12.4. The van der Waals surface area contributed by atoms with E-state index >= 15 is 0 Å². The van der Waals surface area contributed by atoms with Gasteiger partial charge in [0.25, 0.3) is 0 Å². The smallest absolute Gasteiger partial charge is 0.224 e. The lowest BCUT2D eigenvalue weighted by Crippen LogP contribution is -2.39. The zero-order valence-corrected chi connectivity index (χ0v) is 15.0. The number of benzene rings is 1. The van der Waals surface area contributed by atoms with Crippen LogP contribution in [0, 0.1) is 0 Å². The number of fused-ring (bicyclic) bond motifs is 1. The number of aromatic amines is 1. The van der Waals surface area contributed by atoms with E-state index in [1.807, 2.05) is 42.6 Å². The molecule has 138 valence electrons. The van der Waals surface area contributed by atoms with Crippen molar-refractivity contribution in [2.75, 3.05) is 0 Å². The number of nitrogens with zero attached hydrogens (tertiary/aromatic N) is 2. The van der Waals surface area contributed by atoms with Crippen LogP contribution in [0.4, 0.5) is 0 Å². The van der Waals surface area contributed by atoms with Crippen molar-refractivity contribution >= 4 is 5.91 Å². The number of hydrogen-bond acceptors (Lipinski definition) is 4. The van der Waals surface area contributed by atoms with Crippen molar-refractivity contribution in [3.05, 3.63) is 77.4 Å². The number of hydrogen-bond donors (Lipinski definition) is 2. The van der Waals surface area contributed by atoms with E-state index < -0.39 is 0 Å². The maximum absolute atomic E-state index is 12.4. The molecule has 0 aliphatic heterocycles. The summed E-state index contributed by atoms with van der Waals surface area (Å²) in [7, 11) is 0. The quantitative estimate of drug-likeness (QED) is 0.706. The summed E-state index contributed by atoms with van der Waals surface area (Å²) in [5.74, 6) is 0.793. The third-order valence-corrected chi connectivity index (χ3v) is 4.77. The fourth-order valence-electron chi connectivity index (χ4n) is 3.40.